The van der Waals surface area contributed by atoms with Gasteiger partial charge in [-0.3, -0.25) is 9.48 Å². The zero-order valence-electron chi connectivity index (χ0n) is 15.2. The van der Waals surface area contributed by atoms with Crippen molar-refractivity contribution in [1.82, 2.24) is 14.5 Å². The smallest absolute Gasteiger partial charge is 0.327 e. The second-order valence-electron chi connectivity index (χ2n) is 6.49. The summed E-state index contributed by atoms with van der Waals surface area (Å²) in [4.78, 5) is 11.6. The van der Waals surface area contributed by atoms with Crippen molar-refractivity contribution in [2.24, 2.45) is 0 Å². The van der Waals surface area contributed by atoms with Crippen molar-refractivity contribution in [3.63, 3.8) is 0 Å². The molecular weight excluding hydrogens is 372 g/mol. The largest absolute Gasteiger partial charge is 0.465 e. The average molecular weight is 393 g/mol. The van der Waals surface area contributed by atoms with Crippen molar-refractivity contribution in [3.05, 3.63) is 41.5 Å². The highest BCUT2D eigenvalue weighted by molar-refractivity contribution is 7.89. The second-order valence-corrected chi connectivity index (χ2v) is 8.20. The fourth-order valence-corrected chi connectivity index (χ4v) is 4.46. The molecule has 0 aliphatic heterocycles. The van der Waals surface area contributed by atoms with Crippen LogP contribution >= 0.6 is 0 Å². The van der Waals surface area contributed by atoms with Gasteiger partial charge in [-0.2, -0.15) is 5.10 Å². The molecule has 0 amide bonds. The van der Waals surface area contributed by atoms with E-state index in [0.717, 1.165) is 23.7 Å². The summed E-state index contributed by atoms with van der Waals surface area (Å²) in [7, 11) is -2.31. The first kappa shape index (κ1) is 19.6. The highest BCUT2D eigenvalue weighted by atomic mass is 32.2. The lowest BCUT2D eigenvalue weighted by atomic mass is 9.94. The Morgan fingerprint density at radius 2 is 2.26 bits per heavy atom. The molecule has 144 valence electrons. The van der Waals surface area contributed by atoms with Crippen molar-refractivity contribution in [1.29, 1.82) is 0 Å². The maximum atomic E-state index is 13.8. The van der Waals surface area contributed by atoms with Crippen LogP contribution in [0.3, 0.4) is 0 Å². The zero-order valence-corrected chi connectivity index (χ0v) is 16.1. The number of hydrogen-bond acceptors (Lipinski definition) is 5. The standard InChI is InChI=1S/C17H21BFN3O4S/c1-2-26-17(23)10-22-16-5-3-4-15(12(16)9-20-22)21-27(24,25)11-6-7-13(18)14(19)8-11/h6-9,15,21H,2-5,10,18H2,1H3. The van der Waals surface area contributed by atoms with E-state index in [0.29, 0.717) is 18.3 Å². The van der Waals surface area contributed by atoms with Gasteiger partial charge in [0.15, 0.2) is 0 Å². The van der Waals surface area contributed by atoms with Crippen LogP contribution in [-0.2, 0) is 32.5 Å². The summed E-state index contributed by atoms with van der Waals surface area (Å²) < 4.78 is 48.2. The topological polar surface area (TPSA) is 90.3 Å². The molecule has 0 saturated heterocycles. The molecule has 27 heavy (non-hydrogen) atoms. The van der Waals surface area contributed by atoms with Crippen molar-refractivity contribution in [3.8, 4) is 0 Å². The number of nitrogens with one attached hydrogen (secondary N) is 1. The Bertz CT molecular complexity index is 961. The quantitative estimate of drug-likeness (QED) is 0.560. The predicted molar refractivity (Wildman–Crippen MR) is 99.4 cm³/mol. The highest BCUT2D eigenvalue weighted by Gasteiger charge is 2.29. The number of rotatable bonds is 6. The van der Waals surface area contributed by atoms with Gasteiger partial charge in [0.2, 0.25) is 10.0 Å². The van der Waals surface area contributed by atoms with E-state index >= 15 is 0 Å². The predicted octanol–water partition coefficient (Wildman–Crippen LogP) is 0.200. The molecule has 0 spiro atoms. The Morgan fingerprint density at radius 3 is 2.96 bits per heavy atom. The lowest BCUT2D eigenvalue weighted by Crippen LogP contribution is -2.31. The molecule has 1 aliphatic rings. The van der Waals surface area contributed by atoms with Gasteiger partial charge in [0.1, 0.15) is 20.2 Å². The third kappa shape index (κ3) is 4.22. The second kappa shape index (κ2) is 7.81. The number of aromatic nitrogens is 2. The summed E-state index contributed by atoms with van der Waals surface area (Å²) >= 11 is 0. The number of carbonyl (C=O) groups is 1. The highest BCUT2D eigenvalue weighted by Crippen LogP contribution is 2.31. The molecular formula is C17H21BFN3O4S. The lowest BCUT2D eigenvalue weighted by molar-refractivity contribution is -0.144. The normalized spacial score (nSPS) is 16.7. The molecule has 0 saturated carbocycles. The SMILES string of the molecule is Bc1ccc(S(=O)(=O)NC2CCCc3c2cnn3CC(=O)OCC)cc1F. The molecule has 2 aromatic rings. The van der Waals surface area contributed by atoms with Crippen molar-refractivity contribution < 1.29 is 22.3 Å². The average Bonchev–Trinajstić information content (AvgIpc) is 3.01. The Labute approximate surface area is 158 Å². The lowest BCUT2D eigenvalue weighted by Gasteiger charge is -2.24. The van der Waals surface area contributed by atoms with Crippen LogP contribution in [0.2, 0.25) is 0 Å². The van der Waals surface area contributed by atoms with Gasteiger partial charge in [-0.25, -0.2) is 17.5 Å². The number of ether oxygens (including phenoxy) is 1. The molecule has 1 aromatic carbocycles. The minimum atomic E-state index is -3.88. The van der Waals surface area contributed by atoms with Gasteiger partial charge in [-0.1, -0.05) is 11.5 Å². The number of fused-ring (bicyclic) bond motifs is 1. The van der Waals surface area contributed by atoms with Crippen LogP contribution < -0.4 is 10.2 Å². The molecule has 0 fully saturated rings. The van der Waals surface area contributed by atoms with E-state index in [1.165, 1.54) is 12.1 Å². The molecule has 1 heterocycles. The molecule has 0 bridgehead atoms. The first-order valence-electron chi connectivity index (χ1n) is 8.80. The van der Waals surface area contributed by atoms with Gasteiger partial charge >= 0.3 is 5.97 Å². The first-order valence-corrected chi connectivity index (χ1v) is 10.3. The van der Waals surface area contributed by atoms with Crippen LogP contribution in [-0.4, -0.2) is 38.6 Å². The zero-order chi connectivity index (χ0) is 19.6. The van der Waals surface area contributed by atoms with Crippen LogP contribution in [0.4, 0.5) is 4.39 Å². The Balaban J connectivity index is 1.82. The molecule has 1 N–H and O–H groups in total. The van der Waals surface area contributed by atoms with Crippen LogP contribution in [0.1, 0.15) is 37.1 Å². The van der Waals surface area contributed by atoms with E-state index in [-0.39, 0.29) is 24.0 Å². The third-order valence-electron chi connectivity index (χ3n) is 4.60. The summed E-state index contributed by atoms with van der Waals surface area (Å²) in [5.41, 5.74) is 1.94. The van der Waals surface area contributed by atoms with Crippen molar-refractivity contribution in [2.45, 2.75) is 43.7 Å². The van der Waals surface area contributed by atoms with E-state index in [2.05, 4.69) is 9.82 Å². The van der Waals surface area contributed by atoms with E-state index in [1.54, 1.807) is 25.6 Å². The fourth-order valence-electron chi connectivity index (χ4n) is 3.20. The molecule has 1 unspecified atom stereocenters. The summed E-state index contributed by atoms with van der Waals surface area (Å²) in [6, 6.07) is 3.37. The molecule has 1 aromatic heterocycles. The number of nitrogens with zero attached hydrogens (tertiary/aromatic N) is 2. The third-order valence-corrected chi connectivity index (χ3v) is 6.07. The minimum Gasteiger partial charge on any atom is -0.465 e. The number of esters is 1. The number of sulfonamides is 1. The van der Waals surface area contributed by atoms with Crippen molar-refractivity contribution in [2.75, 3.05) is 6.61 Å². The Hall–Kier alpha value is -2.20. The summed E-state index contributed by atoms with van der Waals surface area (Å²) in [6.07, 6.45) is 3.63. The number of halogens is 1. The van der Waals surface area contributed by atoms with E-state index < -0.39 is 21.9 Å². The first-order chi connectivity index (χ1) is 12.8. The summed E-state index contributed by atoms with van der Waals surface area (Å²) in [5.74, 6) is -0.953. The van der Waals surface area contributed by atoms with Gasteiger partial charge in [0, 0.05) is 11.3 Å². The van der Waals surface area contributed by atoms with Crippen molar-refractivity contribution >= 4 is 29.3 Å². The summed E-state index contributed by atoms with van der Waals surface area (Å²) in [5, 5.41) is 4.22. The fraction of sp³-hybridized carbons (Fsp3) is 0.412. The number of carbonyl (C=O) groups excluding carboxylic acids is 1. The maximum Gasteiger partial charge on any atom is 0.327 e. The van der Waals surface area contributed by atoms with Gasteiger partial charge in [0.25, 0.3) is 0 Å². The van der Waals surface area contributed by atoms with Crippen LogP contribution in [0.25, 0.3) is 0 Å². The minimum absolute atomic E-state index is 0.00812. The molecule has 3 rings (SSSR count). The maximum absolute atomic E-state index is 13.8. The van der Waals surface area contributed by atoms with E-state index in [9.17, 15) is 17.6 Å². The van der Waals surface area contributed by atoms with Gasteiger partial charge in [-0.15, -0.1) is 0 Å². The molecule has 7 nitrogen and oxygen atoms in total. The van der Waals surface area contributed by atoms with E-state index in [4.69, 9.17) is 4.74 Å². The van der Waals surface area contributed by atoms with Gasteiger partial charge in [0.05, 0.1) is 23.7 Å². The molecule has 0 radical (unpaired) electrons. The monoisotopic (exact) mass is 393 g/mol. The van der Waals surface area contributed by atoms with Gasteiger partial charge < -0.3 is 4.74 Å². The van der Waals surface area contributed by atoms with Crippen LogP contribution in [0, 0.1) is 5.82 Å². The number of benzene rings is 1. The summed E-state index contributed by atoms with van der Waals surface area (Å²) in [6.45, 7) is 2.01. The van der Waals surface area contributed by atoms with Crippen LogP contribution in [0.15, 0.2) is 29.3 Å². The Morgan fingerprint density at radius 1 is 1.48 bits per heavy atom. The van der Waals surface area contributed by atoms with E-state index in [1.807, 2.05) is 0 Å². The van der Waals surface area contributed by atoms with Gasteiger partial charge in [-0.05, 0) is 38.3 Å². The van der Waals surface area contributed by atoms with Crippen LogP contribution in [0.5, 0.6) is 0 Å². The molecule has 1 aliphatic carbocycles. The molecule has 1 atom stereocenters. The molecule has 10 heteroatoms. The number of hydrogen-bond donors (Lipinski definition) is 1. The Kier molecular flexibility index (Phi) is 5.66.